The number of rotatable bonds is 5. The summed E-state index contributed by atoms with van der Waals surface area (Å²) in [4.78, 5) is 13.1. The van der Waals surface area contributed by atoms with Gasteiger partial charge >= 0.3 is 0 Å². The molecule has 0 bridgehead atoms. The normalized spacial score (nSPS) is 16.0. The van der Waals surface area contributed by atoms with E-state index >= 15 is 0 Å². The van der Waals surface area contributed by atoms with E-state index in [-0.39, 0.29) is 23.9 Å². The third-order valence-electron chi connectivity index (χ3n) is 3.71. The second-order valence-corrected chi connectivity index (χ2v) is 6.59. The average Bonchev–Trinajstić information content (AvgIpc) is 3.15. The van der Waals surface area contributed by atoms with Crippen LogP contribution in [0.4, 0.5) is 4.39 Å². The van der Waals surface area contributed by atoms with E-state index in [4.69, 9.17) is 11.6 Å². The van der Waals surface area contributed by atoms with Crippen molar-refractivity contribution in [3.05, 3.63) is 45.2 Å². The van der Waals surface area contributed by atoms with E-state index in [1.54, 1.807) is 12.1 Å². The van der Waals surface area contributed by atoms with Crippen LogP contribution >= 0.6 is 23.1 Å². The van der Waals surface area contributed by atoms with Crippen LogP contribution in [0.5, 0.6) is 0 Å². The van der Waals surface area contributed by atoms with Crippen molar-refractivity contribution in [3.8, 4) is 0 Å². The molecule has 0 radical (unpaired) electrons. The fourth-order valence-corrected chi connectivity index (χ4v) is 3.52. The fraction of sp³-hybridized carbons (Fsp3) is 0.400. The number of hydrogen-bond acceptors (Lipinski definition) is 4. The molecule has 3 nitrogen and oxygen atoms in total. The van der Waals surface area contributed by atoms with Gasteiger partial charge in [0.15, 0.2) is 5.78 Å². The van der Waals surface area contributed by atoms with Gasteiger partial charge in [-0.15, -0.1) is 5.10 Å². The van der Waals surface area contributed by atoms with E-state index in [0.717, 1.165) is 30.1 Å². The largest absolute Gasteiger partial charge is 0.293 e. The molecule has 1 aliphatic rings. The minimum absolute atomic E-state index is 0.0290. The van der Waals surface area contributed by atoms with Gasteiger partial charge < -0.3 is 0 Å². The summed E-state index contributed by atoms with van der Waals surface area (Å²) in [6, 6.07) is 4.57. The van der Waals surface area contributed by atoms with Crippen LogP contribution in [0.2, 0.25) is 5.02 Å². The van der Waals surface area contributed by atoms with Crippen molar-refractivity contribution in [2.45, 2.75) is 38.0 Å². The quantitative estimate of drug-likeness (QED) is 0.756. The highest BCUT2D eigenvalue weighted by molar-refractivity contribution is 7.08. The van der Waals surface area contributed by atoms with E-state index < -0.39 is 0 Å². The van der Waals surface area contributed by atoms with Crippen LogP contribution in [0.15, 0.2) is 18.2 Å². The van der Waals surface area contributed by atoms with Gasteiger partial charge in [-0.1, -0.05) is 29.1 Å². The van der Waals surface area contributed by atoms with Crippen molar-refractivity contribution in [1.29, 1.82) is 0 Å². The monoisotopic (exact) mass is 324 g/mol. The molecule has 1 saturated carbocycles. The Bertz CT molecular complexity index is 664. The summed E-state index contributed by atoms with van der Waals surface area (Å²) >= 11 is 7.19. The van der Waals surface area contributed by atoms with Gasteiger partial charge in [0.25, 0.3) is 0 Å². The average molecular weight is 325 g/mol. The Balaban J connectivity index is 1.79. The summed E-state index contributed by atoms with van der Waals surface area (Å²) in [7, 11) is 0. The van der Waals surface area contributed by atoms with Gasteiger partial charge in [-0.2, -0.15) is 0 Å². The standard InChI is InChI=1S/C15H14ClFN2OS/c1-8(13-10(16)3-2-4-11(13)17)7-12(20)15-14(9-5-6-9)18-19-21-15/h2-4,8-9H,5-7H2,1H3/t8-/m1/s1. The minimum atomic E-state index is -0.368. The van der Waals surface area contributed by atoms with E-state index in [1.165, 1.54) is 6.07 Å². The highest BCUT2D eigenvalue weighted by atomic mass is 35.5. The zero-order valence-corrected chi connectivity index (χ0v) is 13.0. The lowest BCUT2D eigenvalue weighted by Gasteiger charge is -2.13. The Hall–Kier alpha value is -1.33. The second-order valence-electron chi connectivity index (χ2n) is 5.43. The van der Waals surface area contributed by atoms with Gasteiger partial charge in [-0.3, -0.25) is 4.79 Å². The van der Waals surface area contributed by atoms with Gasteiger partial charge in [0.2, 0.25) is 0 Å². The summed E-state index contributed by atoms with van der Waals surface area (Å²) in [5.74, 6) is -0.290. The first-order chi connectivity index (χ1) is 10.1. The van der Waals surface area contributed by atoms with Crippen molar-refractivity contribution in [2.75, 3.05) is 0 Å². The Morgan fingerprint density at radius 3 is 2.95 bits per heavy atom. The number of Topliss-reactive ketones (excluding diaryl/α,β-unsaturated/α-hetero) is 1. The number of benzene rings is 1. The van der Waals surface area contributed by atoms with Gasteiger partial charge in [0.05, 0.1) is 5.69 Å². The fourth-order valence-electron chi connectivity index (χ4n) is 2.47. The van der Waals surface area contributed by atoms with Crippen molar-refractivity contribution in [1.82, 2.24) is 9.59 Å². The molecule has 0 amide bonds. The predicted molar refractivity (Wildman–Crippen MR) is 80.7 cm³/mol. The number of carbonyl (C=O) groups excluding carboxylic acids is 1. The van der Waals surface area contributed by atoms with E-state index in [0.29, 0.717) is 21.4 Å². The first kappa shape index (κ1) is 14.6. The molecule has 0 spiro atoms. The van der Waals surface area contributed by atoms with Crippen LogP contribution in [-0.4, -0.2) is 15.4 Å². The molecule has 0 unspecified atom stereocenters. The summed E-state index contributed by atoms with van der Waals surface area (Å²) in [6.45, 7) is 1.81. The molecule has 110 valence electrons. The number of aromatic nitrogens is 2. The third kappa shape index (κ3) is 2.99. The zero-order valence-electron chi connectivity index (χ0n) is 11.5. The molecule has 3 rings (SSSR count). The van der Waals surface area contributed by atoms with Gasteiger partial charge in [-0.05, 0) is 42.4 Å². The molecule has 0 aliphatic heterocycles. The molecule has 1 fully saturated rings. The SMILES string of the molecule is C[C@H](CC(=O)c1snnc1C1CC1)c1c(F)cccc1Cl. The number of hydrogen-bond donors (Lipinski definition) is 0. The zero-order chi connectivity index (χ0) is 15.0. The molecule has 1 aromatic carbocycles. The highest BCUT2D eigenvalue weighted by Gasteiger charge is 2.32. The Morgan fingerprint density at radius 2 is 2.29 bits per heavy atom. The Morgan fingerprint density at radius 1 is 1.52 bits per heavy atom. The first-order valence-electron chi connectivity index (χ1n) is 6.87. The molecular formula is C15H14ClFN2OS. The van der Waals surface area contributed by atoms with Gasteiger partial charge in [0.1, 0.15) is 10.7 Å². The van der Waals surface area contributed by atoms with Crippen LogP contribution < -0.4 is 0 Å². The lowest BCUT2D eigenvalue weighted by Crippen LogP contribution is -2.07. The molecule has 21 heavy (non-hydrogen) atoms. The van der Waals surface area contributed by atoms with E-state index in [9.17, 15) is 9.18 Å². The maximum absolute atomic E-state index is 13.9. The molecule has 0 N–H and O–H groups in total. The summed E-state index contributed by atoms with van der Waals surface area (Å²) in [5.41, 5.74) is 1.22. The highest BCUT2D eigenvalue weighted by Crippen LogP contribution is 2.42. The predicted octanol–water partition coefficient (Wildman–Crippen LogP) is 4.58. The van der Waals surface area contributed by atoms with Crippen molar-refractivity contribution >= 4 is 28.9 Å². The van der Waals surface area contributed by atoms with Crippen LogP contribution in [0.3, 0.4) is 0 Å². The number of nitrogens with zero attached hydrogens (tertiary/aromatic N) is 2. The molecule has 1 atom stereocenters. The van der Waals surface area contributed by atoms with Crippen LogP contribution in [0, 0.1) is 5.82 Å². The number of ketones is 1. The minimum Gasteiger partial charge on any atom is -0.293 e. The lowest BCUT2D eigenvalue weighted by atomic mass is 9.94. The van der Waals surface area contributed by atoms with Crippen molar-refractivity contribution < 1.29 is 9.18 Å². The van der Waals surface area contributed by atoms with Crippen LogP contribution in [0.1, 0.15) is 59.0 Å². The van der Waals surface area contributed by atoms with E-state index in [2.05, 4.69) is 9.59 Å². The first-order valence-corrected chi connectivity index (χ1v) is 8.02. The molecule has 1 heterocycles. The van der Waals surface area contributed by atoms with Crippen molar-refractivity contribution in [3.63, 3.8) is 0 Å². The van der Waals surface area contributed by atoms with Gasteiger partial charge in [0, 0.05) is 22.9 Å². The van der Waals surface area contributed by atoms with E-state index in [1.807, 2.05) is 6.92 Å². The third-order valence-corrected chi connectivity index (χ3v) is 4.83. The van der Waals surface area contributed by atoms with Crippen molar-refractivity contribution in [2.24, 2.45) is 0 Å². The maximum Gasteiger partial charge on any atom is 0.176 e. The van der Waals surface area contributed by atoms with Crippen LogP contribution in [0.25, 0.3) is 0 Å². The molecule has 1 aromatic heterocycles. The number of halogens is 2. The van der Waals surface area contributed by atoms with Gasteiger partial charge in [-0.25, -0.2) is 4.39 Å². The lowest BCUT2D eigenvalue weighted by molar-refractivity contribution is 0.0978. The topological polar surface area (TPSA) is 42.9 Å². The summed E-state index contributed by atoms with van der Waals surface area (Å²) < 4.78 is 17.8. The van der Waals surface area contributed by atoms with Crippen LogP contribution in [-0.2, 0) is 0 Å². The smallest absolute Gasteiger partial charge is 0.176 e. The molecule has 6 heteroatoms. The molecular weight excluding hydrogens is 311 g/mol. The molecule has 1 aliphatic carbocycles. The second kappa shape index (κ2) is 5.81. The number of carbonyl (C=O) groups is 1. The Labute approximate surface area is 131 Å². The maximum atomic E-state index is 13.9. The molecule has 2 aromatic rings. The summed E-state index contributed by atoms with van der Waals surface area (Å²) in [5, 5.41) is 4.42. The summed E-state index contributed by atoms with van der Waals surface area (Å²) in [6.07, 6.45) is 2.35. The molecule has 0 saturated heterocycles. The Kier molecular flexibility index (Phi) is 4.04.